The van der Waals surface area contributed by atoms with Crippen molar-refractivity contribution in [3.8, 4) is 0 Å². The van der Waals surface area contributed by atoms with Crippen molar-refractivity contribution in [3.63, 3.8) is 0 Å². The first-order valence-electron chi connectivity index (χ1n) is 10.5. The number of aryl methyl sites for hydroxylation is 1. The zero-order valence-corrected chi connectivity index (χ0v) is 18.6. The summed E-state index contributed by atoms with van der Waals surface area (Å²) in [7, 11) is -3.79. The summed E-state index contributed by atoms with van der Waals surface area (Å²) in [6.07, 6.45) is 0.570. The minimum atomic E-state index is -3.79. The van der Waals surface area contributed by atoms with E-state index in [1.54, 1.807) is 36.4 Å². The maximum atomic E-state index is 13.5. The molecule has 4 rings (SSSR count). The number of rotatable bonds is 6. The molecule has 0 unspecified atom stereocenters. The van der Waals surface area contributed by atoms with Gasteiger partial charge in [0.25, 0.3) is 0 Å². The number of sulfonamides is 1. The average Bonchev–Trinajstić information content (AvgIpc) is 2.78. The number of nitrogens with one attached hydrogen (secondary N) is 1. The number of carbonyl (C=O) groups is 1. The van der Waals surface area contributed by atoms with Gasteiger partial charge in [0.2, 0.25) is 15.9 Å². The summed E-state index contributed by atoms with van der Waals surface area (Å²) in [6.45, 7) is 2.38. The highest BCUT2D eigenvalue weighted by molar-refractivity contribution is 7.89. The van der Waals surface area contributed by atoms with Crippen LogP contribution in [0.4, 0.5) is 4.39 Å². The predicted molar refractivity (Wildman–Crippen MR) is 121 cm³/mol. The molecule has 0 bridgehead atoms. The normalized spacial score (nSPS) is 16.4. The third-order valence-corrected chi connectivity index (χ3v) is 7.67. The largest absolute Gasteiger partial charge is 0.352 e. The lowest BCUT2D eigenvalue weighted by Crippen LogP contribution is -2.42. The van der Waals surface area contributed by atoms with Crippen molar-refractivity contribution >= 4 is 15.9 Å². The lowest BCUT2D eigenvalue weighted by molar-refractivity contribution is -0.122. The van der Waals surface area contributed by atoms with E-state index in [1.165, 1.54) is 16.4 Å². The summed E-state index contributed by atoms with van der Waals surface area (Å²) in [6, 6.07) is 19.8. The van der Waals surface area contributed by atoms with Crippen LogP contribution in [0, 0.1) is 12.7 Å². The van der Waals surface area contributed by atoms with E-state index in [2.05, 4.69) is 5.32 Å². The Labute approximate surface area is 187 Å². The van der Waals surface area contributed by atoms with E-state index in [0.717, 1.165) is 16.7 Å². The number of carbonyl (C=O) groups excluding carboxylic acids is 1. The minimum absolute atomic E-state index is 0.0164. The smallest absolute Gasteiger partial charge is 0.243 e. The molecule has 0 aromatic heterocycles. The minimum Gasteiger partial charge on any atom is -0.352 e. The third-order valence-electron chi connectivity index (χ3n) is 5.75. The second-order valence-electron chi connectivity index (χ2n) is 8.00. The van der Waals surface area contributed by atoms with Gasteiger partial charge in [0.1, 0.15) is 5.82 Å². The number of fused-ring (bicyclic) bond motifs is 1. The number of hydrogen-bond acceptors (Lipinski definition) is 3. The molecule has 32 heavy (non-hydrogen) atoms. The van der Waals surface area contributed by atoms with E-state index < -0.39 is 16.1 Å². The maximum Gasteiger partial charge on any atom is 0.243 e. The Bertz CT molecular complexity index is 1230. The molecule has 1 N–H and O–H groups in total. The summed E-state index contributed by atoms with van der Waals surface area (Å²) in [5.74, 6) is -0.659. The molecule has 0 saturated heterocycles. The Kier molecular flexibility index (Phi) is 6.39. The van der Waals surface area contributed by atoms with Gasteiger partial charge in [-0.3, -0.25) is 4.79 Å². The molecular weight excluding hydrogens is 427 g/mol. The first kappa shape index (κ1) is 22.2. The highest BCUT2D eigenvalue weighted by Crippen LogP contribution is 2.36. The van der Waals surface area contributed by atoms with Crippen LogP contribution in [0.3, 0.4) is 0 Å². The van der Waals surface area contributed by atoms with Crippen molar-refractivity contribution in [2.24, 2.45) is 0 Å². The summed E-state index contributed by atoms with van der Waals surface area (Å²) in [4.78, 5) is 13.0. The van der Waals surface area contributed by atoms with Crippen LogP contribution in [0.2, 0.25) is 0 Å². The highest BCUT2D eigenvalue weighted by Gasteiger charge is 2.37. The molecule has 0 fully saturated rings. The van der Waals surface area contributed by atoms with Gasteiger partial charge in [-0.25, -0.2) is 12.8 Å². The van der Waals surface area contributed by atoms with E-state index in [-0.39, 0.29) is 29.6 Å². The summed E-state index contributed by atoms with van der Waals surface area (Å²) in [5.41, 5.74) is 3.51. The number of amides is 1. The average molecular weight is 453 g/mol. The van der Waals surface area contributed by atoms with E-state index in [4.69, 9.17) is 0 Å². The molecule has 1 aliphatic rings. The summed E-state index contributed by atoms with van der Waals surface area (Å²) >= 11 is 0. The van der Waals surface area contributed by atoms with Crippen LogP contribution < -0.4 is 5.32 Å². The molecule has 1 heterocycles. The lowest BCUT2D eigenvalue weighted by atomic mass is 9.92. The van der Waals surface area contributed by atoms with Gasteiger partial charge in [-0.2, -0.15) is 4.31 Å². The van der Waals surface area contributed by atoms with Gasteiger partial charge in [-0.05, 0) is 54.3 Å². The van der Waals surface area contributed by atoms with Crippen molar-refractivity contribution in [2.75, 3.05) is 6.54 Å². The van der Waals surface area contributed by atoms with Crippen LogP contribution in [-0.2, 0) is 27.8 Å². The van der Waals surface area contributed by atoms with Gasteiger partial charge < -0.3 is 5.32 Å². The number of hydrogen-bond donors (Lipinski definition) is 1. The monoisotopic (exact) mass is 452 g/mol. The first-order chi connectivity index (χ1) is 15.3. The third kappa shape index (κ3) is 4.74. The van der Waals surface area contributed by atoms with Crippen molar-refractivity contribution in [3.05, 3.63) is 101 Å². The molecule has 0 spiro atoms. The van der Waals surface area contributed by atoms with Gasteiger partial charge in [-0.15, -0.1) is 0 Å². The van der Waals surface area contributed by atoms with Crippen LogP contribution in [0.1, 0.15) is 34.7 Å². The predicted octanol–water partition coefficient (Wildman–Crippen LogP) is 4.13. The molecular formula is C25H25FN2O3S. The van der Waals surface area contributed by atoms with Crippen LogP contribution in [0.5, 0.6) is 0 Å². The fourth-order valence-corrected chi connectivity index (χ4v) is 5.67. The van der Waals surface area contributed by atoms with Crippen molar-refractivity contribution in [2.45, 2.75) is 37.2 Å². The summed E-state index contributed by atoms with van der Waals surface area (Å²) < 4.78 is 41.8. The number of benzene rings is 3. The van der Waals surface area contributed by atoms with Gasteiger partial charge in [0.15, 0.2) is 0 Å². The van der Waals surface area contributed by atoms with Gasteiger partial charge in [-0.1, -0.05) is 54.1 Å². The van der Waals surface area contributed by atoms with Crippen LogP contribution in [0.15, 0.2) is 77.7 Å². The molecule has 7 heteroatoms. The van der Waals surface area contributed by atoms with Gasteiger partial charge >= 0.3 is 0 Å². The second kappa shape index (κ2) is 9.22. The lowest BCUT2D eigenvalue weighted by Gasteiger charge is -2.36. The first-order valence-corrected chi connectivity index (χ1v) is 12.0. The molecule has 3 aromatic carbocycles. The highest BCUT2D eigenvalue weighted by atomic mass is 32.2. The van der Waals surface area contributed by atoms with Crippen molar-refractivity contribution < 1.29 is 17.6 Å². The molecule has 0 aliphatic carbocycles. The quantitative estimate of drug-likeness (QED) is 0.612. The fourth-order valence-electron chi connectivity index (χ4n) is 4.07. The van der Waals surface area contributed by atoms with Crippen molar-refractivity contribution in [1.82, 2.24) is 9.62 Å². The molecule has 3 aromatic rings. The zero-order valence-electron chi connectivity index (χ0n) is 17.8. The van der Waals surface area contributed by atoms with E-state index >= 15 is 0 Å². The Morgan fingerprint density at radius 3 is 2.56 bits per heavy atom. The molecule has 5 nitrogen and oxygen atoms in total. The van der Waals surface area contributed by atoms with E-state index in [1.807, 2.05) is 31.2 Å². The standard InChI is InChI=1S/C25H25FN2O3S/c1-18-9-11-22(12-10-18)32(30,31)28-14-13-20-6-2-3-8-23(20)24(28)16-25(29)27-17-19-5-4-7-21(26)15-19/h2-12,15,24H,13-14,16-17H2,1H3,(H,27,29)/t24-/m0/s1. The molecule has 1 atom stereocenters. The topological polar surface area (TPSA) is 66.5 Å². The van der Waals surface area contributed by atoms with Gasteiger partial charge in [0.05, 0.1) is 10.9 Å². The molecule has 0 radical (unpaired) electrons. The molecule has 1 aliphatic heterocycles. The maximum absolute atomic E-state index is 13.5. The van der Waals surface area contributed by atoms with E-state index in [9.17, 15) is 17.6 Å². The molecule has 166 valence electrons. The summed E-state index contributed by atoms with van der Waals surface area (Å²) in [5, 5.41) is 2.80. The van der Waals surface area contributed by atoms with Crippen molar-refractivity contribution in [1.29, 1.82) is 0 Å². The van der Waals surface area contributed by atoms with E-state index in [0.29, 0.717) is 18.5 Å². The SMILES string of the molecule is Cc1ccc(S(=O)(=O)N2CCc3ccccc3[C@@H]2CC(=O)NCc2cccc(F)c2)cc1. The zero-order chi connectivity index (χ0) is 22.7. The van der Waals surface area contributed by atoms with Crippen LogP contribution in [-0.4, -0.2) is 25.2 Å². The van der Waals surface area contributed by atoms with Crippen LogP contribution >= 0.6 is 0 Å². The Morgan fingerprint density at radius 1 is 1.06 bits per heavy atom. The Balaban J connectivity index is 1.59. The fraction of sp³-hybridized carbons (Fsp3) is 0.240. The van der Waals surface area contributed by atoms with Crippen LogP contribution in [0.25, 0.3) is 0 Å². The molecule has 1 amide bonds. The Hall–Kier alpha value is -3.03. The Morgan fingerprint density at radius 2 is 1.81 bits per heavy atom. The number of nitrogens with zero attached hydrogens (tertiary/aromatic N) is 1. The van der Waals surface area contributed by atoms with Gasteiger partial charge in [0, 0.05) is 19.5 Å². The second-order valence-corrected chi connectivity index (χ2v) is 9.89. The number of halogens is 1. The molecule has 0 saturated carbocycles.